The smallest absolute Gasteiger partial charge is 0.338 e. The molecule has 27 heavy (non-hydrogen) atoms. The number of hydrogen-bond donors (Lipinski definition) is 1. The van der Waals surface area contributed by atoms with Gasteiger partial charge in [-0.25, -0.2) is 4.79 Å². The molecule has 0 saturated heterocycles. The minimum Gasteiger partial charge on any atom is -0.490 e. The van der Waals surface area contributed by atoms with E-state index in [0.717, 1.165) is 12.0 Å². The third-order valence-corrected chi connectivity index (χ3v) is 4.06. The predicted octanol–water partition coefficient (Wildman–Crippen LogP) is 3.97. The summed E-state index contributed by atoms with van der Waals surface area (Å²) in [6, 6.07) is 10.1. The first-order valence-corrected chi connectivity index (χ1v) is 8.96. The Labute approximate surface area is 158 Å². The Balaban J connectivity index is 1.74. The Bertz CT molecular complexity index is 842. The molecule has 0 radical (unpaired) electrons. The van der Waals surface area contributed by atoms with Gasteiger partial charge in [-0.15, -0.1) is 0 Å². The maximum Gasteiger partial charge on any atom is 0.338 e. The molecule has 1 aliphatic rings. The molecule has 1 aliphatic heterocycles. The molecule has 2 aromatic rings. The number of esters is 1. The van der Waals surface area contributed by atoms with Crippen LogP contribution >= 0.6 is 0 Å². The fourth-order valence-electron chi connectivity index (χ4n) is 2.73. The van der Waals surface area contributed by atoms with Gasteiger partial charge in [0, 0.05) is 17.7 Å². The minimum atomic E-state index is -0.387. The highest BCUT2D eigenvalue weighted by Crippen LogP contribution is 2.33. The van der Waals surface area contributed by atoms with E-state index in [0.29, 0.717) is 41.5 Å². The molecule has 0 saturated carbocycles. The quantitative estimate of drug-likeness (QED) is 0.826. The van der Waals surface area contributed by atoms with E-state index < -0.39 is 0 Å². The summed E-state index contributed by atoms with van der Waals surface area (Å²) in [6.45, 7) is 6.61. The molecule has 0 aliphatic carbocycles. The normalized spacial score (nSPS) is 13.0. The molecule has 6 nitrogen and oxygen atoms in total. The summed E-state index contributed by atoms with van der Waals surface area (Å²) < 4.78 is 16.5. The number of amides is 1. The van der Waals surface area contributed by atoms with E-state index in [9.17, 15) is 9.59 Å². The average Bonchev–Trinajstić information content (AvgIpc) is 2.85. The Morgan fingerprint density at radius 2 is 1.67 bits per heavy atom. The first-order valence-electron chi connectivity index (χ1n) is 8.96. The summed E-state index contributed by atoms with van der Waals surface area (Å²) in [7, 11) is 0. The molecule has 0 aromatic heterocycles. The lowest BCUT2D eigenvalue weighted by atomic mass is 10.1. The topological polar surface area (TPSA) is 73.9 Å². The van der Waals surface area contributed by atoms with E-state index in [1.807, 2.05) is 13.0 Å². The summed E-state index contributed by atoms with van der Waals surface area (Å²) in [5.41, 5.74) is 2.34. The standard InChI is InChI=1S/C21H23NO5/c1-13(2)27-21(24)15-5-7-16(8-6-15)22-20(23)17-12-19-18(11-14(17)3)25-9-4-10-26-19/h5-8,11-13H,4,9-10H2,1-3H3,(H,22,23). The van der Waals surface area contributed by atoms with Gasteiger partial charge in [-0.1, -0.05) is 0 Å². The molecule has 0 atom stereocenters. The first-order chi connectivity index (χ1) is 12.9. The van der Waals surface area contributed by atoms with Crippen LogP contribution in [0.25, 0.3) is 0 Å². The molecule has 1 heterocycles. The minimum absolute atomic E-state index is 0.181. The summed E-state index contributed by atoms with van der Waals surface area (Å²) in [4.78, 5) is 24.6. The Morgan fingerprint density at radius 1 is 1.04 bits per heavy atom. The van der Waals surface area contributed by atoms with Gasteiger partial charge >= 0.3 is 5.97 Å². The van der Waals surface area contributed by atoms with Gasteiger partial charge in [0.2, 0.25) is 0 Å². The van der Waals surface area contributed by atoms with Crippen molar-refractivity contribution in [3.05, 3.63) is 53.1 Å². The van der Waals surface area contributed by atoms with Gasteiger partial charge < -0.3 is 19.5 Å². The van der Waals surface area contributed by atoms with Crippen LogP contribution in [0.2, 0.25) is 0 Å². The second kappa shape index (κ2) is 8.12. The van der Waals surface area contributed by atoms with Crippen molar-refractivity contribution in [2.45, 2.75) is 33.3 Å². The van der Waals surface area contributed by atoms with Gasteiger partial charge in [0.25, 0.3) is 5.91 Å². The van der Waals surface area contributed by atoms with E-state index in [1.54, 1.807) is 44.2 Å². The summed E-state index contributed by atoms with van der Waals surface area (Å²) >= 11 is 0. The molecule has 6 heteroatoms. The number of ether oxygens (including phenoxy) is 3. The van der Waals surface area contributed by atoms with Gasteiger partial charge in [0.1, 0.15) is 0 Å². The lowest BCUT2D eigenvalue weighted by molar-refractivity contribution is 0.0378. The highest BCUT2D eigenvalue weighted by Gasteiger charge is 2.17. The highest BCUT2D eigenvalue weighted by atomic mass is 16.5. The van der Waals surface area contributed by atoms with Crippen molar-refractivity contribution in [1.82, 2.24) is 0 Å². The fraction of sp³-hybridized carbons (Fsp3) is 0.333. The van der Waals surface area contributed by atoms with Crippen LogP contribution in [0, 0.1) is 6.92 Å². The van der Waals surface area contributed by atoms with E-state index in [1.165, 1.54) is 0 Å². The van der Waals surface area contributed by atoms with Crippen molar-refractivity contribution in [2.24, 2.45) is 0 Å². The number of anilines is 1. The zero-order chi connectivity index (χ0) is 19.4. The van der Waals surface area contributed by atoms with Crippen LogP contribution in [0.5, 0.6) is 11.5 Å². The molecular formula is C21H23NO5. The van der Waals surface area contributed by atoms with Crippen LogP contribution < -0.4 is 14.8 Å². The Hall–Kier alpha value is -3.02. The molecule has 0 spiro atoms. The van der Waals surface area contributed by atoms with Crippen molar-refractivity contribution in [3.63, 3.8) is 0 Å². The molecular weight excluding hydrogens is 346 g/mol. The monoisotopic (exact) mass is 369 g/mol. The molecule has 1 N–H and O–H groups in total. The van der Waals surface area contributed by atoms with E-state index in [4.69, 9.17) is 14.2 Å². The molecule has 3 rings (SSSR count). The maximum atomic E-state index is 12.7. The second-order valence-corrected chi connectivity index (χ2v) is 6.65. The molecule has 0 unspecified atom stereocenters. The molecule has 2 aromatic carbocycles. The number of benzene rings is 2. The Morgan fingerprint density at radius 3 is 2.30 bits per heavy atom. The van der Waals surface area contributed by atoms with Crippen LogP contribution in [0.1, 0.15) is 46.5 Å². The van der Waals surface area contributed by atoms with E-state index in [-0.39, 0.29) is 18.0 Å². The zero-order valence-electron chi connectivity index (χ0n) is 15.7. The van der Waals surface area contributed by atoms with Gasteiger partial charge in [-0.2, -0.15) is 0 Å². The maximum absolute atomic E-state index is 12.7. The van der Waals surface area contributed by atoms with Crippen molar-refractivity contribution < 1.29 is 23.8 Å². The largest absolute Gasteiger partial charge is 0.490 e. The first kappa shape index (κ1) is 18.8. The molecule has 1 amide bonds. The second-order valence-electron chi connectivity index (χ2n) is 6.65. The number of hydrogen-bond acceptors (Lipinski definition) is 5. The van der Waals surface area contributed by atoms with Gasteiger partial charge in [-0.3, -0.25) is 4.79 Å². The van der Waals surface area contributed by atoms with Crippen LogP contribution in [-0.2, 0) is 4.74 Å². The van der Waals surface area contributed by atoms with Crippen molar-refractivity contribution in [3.8, 4) is 11.5 Å². The Kier molecular flexibility index (Phi) is 5.64. The highest BCUT2D eigenvalue weighted by molar-refractivity contribution is 6.06. The van der Waals surface area contributed by atoms with Crippen LogP contribution in [0.3, 0.4) is 0 Å². The number of rotatable bonds is 4. The van der Waals surface area contributed by atoms with Crippen LogP contribution in [-0.4, -0.2) is 31.2 Å². The fourth-order valence-corrected chi connectivity index (χ4v) is 2.73. The summed E-state index contributed by atoms with van der Waals surface area (Å²) in [5.74, 6) is 0.604. The van der Waals surface area contributed by atoms with Crippen LogP contribution in [0.4, 0.5) is 5.69 Å². The lowest BCUT2D eigenvalue weighted by Crippen LogP contribution is -2.14. The van der Waals surface area contributed by atoms with Gasteiger partial charge in [0.05, 0.1) is 24.9 Å². The lowest BCUT2D eigenvalue weighted by Gasteiger charge is -2.13. The summed E-state index contributed by atoms with van der Waals surface area (Å²) in [5, 5.41) is 2.84. The third-order valence-electron chi connectivity index (χ3n) is 4.06. The molecule has 142 valence electrons. The molecule has 0 fully saturated rings. The summed E-state index contributed by atoms with van der Waals surface area (Å²) in [6.07, 6.45) is 0.625. The predicted molar refractivity (Wildman–Crippen MR) is 102 cm³/mol. The number of carbonyl (C=O) groups is 2. The zero-order valence-corrected chi connectivity index (χ0v) is 15.7. The average molecular weight is 369 g/mol. The third kappa shape index (κ3) is 4.58. The van der Waals surface area contributed by atoms with Gasteiger partial charge in [-0.05, 0) is 62.7 Å². The van der Waals surface area contributed by atoms with Crippen molar-refractivity contribution in [1.29, 1.82) is 0 Å². The van der Waals surface area contributed by atoms with E-state index >= 15 is 0 Å². The van der Waals surface area contributed by atoms with Crippen molar-refractivity contribution >= 4 is 17.6 Å². The SMILES string of the molecule is Cc1cc2c(cc1C(=O)Nc1ccc(C(=O)OC(C)C)cc1)OCCCO2. The van der Waals surface area contributed by atoms with Crippen molar-refractivity contribution in [2.75, 3.05) is 18.5 Å². The van der Waals surface area contributed by atoms with Crippen LogP contribution in [0.15, 0.2) is 36.4 Å². The van der Waals surface area contributed by atoms with E-state index in [2.05, 4.69) is 5.32 Å². The van der Waals surface area contributed by atoms with Gasteiger partial charge in [0.15, 0.2) is 11.5 Å². The number of carbonyl (C=O) groups excluding carboxylic acids is 2. The number of aryl methyl sites for hydroxylation is 1. The molecule has 0 bridgehead atoms. The number of nitrogens with one attached hydrogen (secondary N) is 1. The number of fused-ring (bicyclic) bond motifs is 1.